The molecule has 0 aliphatic heterocycles. The number of aliphatic imine (C=N–C) groups is 1. The molecule has 0 radical (unpaired) electrons. The van der Waals surface area contributed by atoms with Crippen molar-refractivity contribution in [3.05, 3.63) is 36.8 Å². The predicted octanol–water partition coefficient (Wildman–Crippen LogP) is 2.75. The summed E-state index contributed by atoms with van der Waals surface area (Å²) < 4.78 is 10.6. The van der Waals surface area contributed by atoms with Crippen molar-refractivity contribution >= 4 is 5.96 Å². The van der Waals surface area contributed by atoms with Gasteiger partial charge in [0.15, 0.2) is 5.96 Å². The summed E-state index contributed by atoms with van der Waals surface area (Å²) in [6.07, 6.45) is 9.29. The molecule has 0 unspecified atom stereocenters. The van der Waals surface area contributed by atoms with Crippen molar-refractivity contribution in [2.24, 2.45) is 10.4 Å². The van der Waals surface area contributed by atoms with E-state index < -0.39 is 0 Å². The van der Waals surface area contributed by atoms with Crippen LogP contribution in [0.3, 0.4) is 0 Å². The van der Waals surface area contributed by atoms with E-state index in [0.717, 1.165) is 44.3 Å². The number of ether oxygens (including phenoxy) is 1. The maximum atomic E-state index is 5.35. The van der Waals surface area contributed by atoms with Crippen LogP contribution in [0.25, 0.3) is 0 Å². The number of hydrogen-bond donors (Lipinski definition) is 2. The molecule has 5 heteroatoms. The number of methoxy groups -OCH3 is 1. The molecule has 1 aliphatic carbocycles. The van der Waals surface area contributed by atoms with E-state index in [9.17, 15) is 0 Å². The normalized spacial score (nSPS) is 16.7. The molecule has 0 atom stereocenters. The summed E-state index contributed by atoms with van der Waals surface area (Å²) in [5.41, 5.74) is 0.333. The molecule has 1 saturated carbocycles. The molecule has 0 spiro atoms. The molecule has 1 fully saturated rings. The Hall–Kier alpha value is -1.75. The summed E-state index contributed by atoms with van der Waals surface area (Å²) in [7, 11) is 1.77. The molecule has 1 aliphatic rings. The molecule has 1 heterocycles. The van der Waals surface area contributed by atoms with Crippen LogP contribution in [0, 0.1) is 5.41 Å². The maximum Gasteiger partial charge on any atom is 0.191 e. The van der Waals surface area contributed by atoms with E-state index in [0.29, 0.717) is 12.0 Å². The molecular weight excluding hydrogens is 290 g/mol. The summed E-state index contributed by atoms with van der Waals surface area (Å²) in [5, 5.41) is 6.65. The molecule has 2 rings (SSSR count). The zero-order chi connectivity index (χ0) is 16.4. The minimum absolute atomic E-state index is 0.333. The molecule has 1 aromatic rings. The van der Waals surface area contributed by atoms with E-state index in [4.69, 9.17) is 14.1 Å². The van der Waals surface area contributed by atoms with Crippen molar-refractivity contribution in [3.8, 4) is 0 Å². The summed E-state index contributed by atoms with van der Waals surface area (Å²) in [6, 6.07) is 3.90. The Bertz CT molecular complexity index is 478. The molecule has 2 N–H and O–H groups in total. The fraction of sp³-hybridized carbons (Fsp3) is 0.611. The lowest BCUT2D eigenvalue weighted by atomic mass is 9.67. The average Bonchev–Trinajstić information content (AvgIpc) is 3.03. The first-order chi connectivity index (χ1) is 11.3. The van der Waals surface area contributed by atoms with Crippen LogP contribution in [-0.2, 0) is 11.2 Å². The van der Waals surface area contributed by atoms with Gasteiger partial charge in [-0.05, 0) is 36.8 Å². The number of furan rings is 1. The smallest absolute Gasteiger partial charge is 0.191 e. The lowest BCUT2D eigenvalue weighted by Gasteiger charge is -2.40. The molecule has 23 heavy (non-hydrogen) atoms. The van der Waals surface area contributed by atoms with E-state index in [2.05, 4.69) is 17.2 Å². The minimum atomic E-state index is 0.333. The molecule has 0 bridgehead atoms. The van der Waals surface area contributed by atoms with Gasteiger partial charge < -0.3 is 19.8 Å². The Labute approximate surface area is 139 Å². The third kappa shape index (κ3) is 5.75. The number of nitrogens with one attached hydrogen (secondary N) is 2. The van der Waals surface area contributed by atoms with E-state index in [1.165, 1.54) is 19.3 Å². The predicted molar refractivity (Wildman–Crippen MR) is 93.7 cm³/mol. The fourth-order valence-electron chi connectivity index (χ4n) is 2.83. The Morgan fingerprint density at radius 2 is 2.35 bits per heavy atom. The summed E-state index contributed by atoms with van der Waals surface area (Å²) in [5.74, 6) is 1.83. The Balaban J connectivity index is 1.83. The number of nitrogens with zero attached hydrogens (tertiary/aromatic N) is 1. The standard InChI is InChI=1S/C18H29N3O2/c1-3-11-19-17(20-12-7-16-6-4-13-23-16)21-15-18(8-5-9-18)10-14-22-2/h3-4,6,13H,1,5,7-12,14-15H2,2H3,(H2,19,20,21). The average molecular weight is 319 g/mol. The molecule has 5 nitrogen and oxygen atoms in total. The number of rotatable bonds is 10. The zero-order valence-electron chi connectivity index (χ0n) is 14.1. The molecule has 0 aromatic carbocycles. The highest BCUT2D eigenvalue weighted by Crippen LogP contribution is 2.44. The second kappa shape index (κ2) is 9.40. The van der Waals surface area contributed by atoms with Crippen LogP contribution >= 0.6 is 0 Å². The van der Waals surface area contributed by atoms with Crippen molar-refractivity contribution in [2.45, 2.75) is 32.1 Å². The van der Waals surface area contributed by atoms with Gasteiger partial charge in [0.2, 0.25) is 0 Å². The maximum absolute atomic E-state index is 5.35. The van der Waals surface area contributed by atoms with Gasteiger partial charge in [-0.15, -0.1) is 6.58 Å². The van der Waals surface area contributed by atoms with Gasteiger partial charge in [0, 0.05) is 39.8 Å². The fourth-order valence-corrected chi connectivity index (χ4v) is 2.83. The van der Waals surface area contributed by atoms with Crippen molar-refractivity contribution in [1.29, 1.82) is 0 Å². The van der Waals surface area contributed by atoms with Crippen LogP contribution < -0.4 is 10.6 Å². The molecule has 0 amide bonds. The van der Waals surface area contributed by atoms with Crippen molar-refractivity contribution in [2.75, 3.05) is 33.4 Å². The van der Waals surface area contributed by atoms with Crippen molar-refractivity contribution in [3.63, 3.8) is 0 Å². The third-order valence-corrected chi connectivity index (χ3v) is 4.48. The first-order valence-electron chi connectivity index (χ1n) is 8.42. The van der Waals surface area contributed by atoms with E-state index in [1.54, 1.807) is 13.4 Å². The Morgan fingerprint density at radius 3 is 2.96 bits per heavy atom. The summed E-state index contributed by atoms with van der Waals surface area (Å²) >= 11 is 0. The third-order valence-electron chi connectivity index (χ3n) is 4.48. The van der Waals surface area contributed by atoms with Gasteiger partial charge in [0.25, 0.3) is 0 Å². The van der Waals surface area contributed by atoms with Gasteiger partial charge in [0.05, 0.1) is 6.26 Å². The van der Waals surface area contributed by atoms with E-state index >= 15 is 0 Å². The van der Waals surface area contributed by atoms with Crippen LogP contribution in [0.2, 0.25) is 0 Å². The molecule has 0 saturated heterocycles. The van der Waals surface area contributed by atoms with E-state index in [1.807, 2.05) is 18.2 Å². The van der Waals surface area contributed by atoms with Crippen LogP contribution in [0.5, 0.6) is 0 Å². The Morgan fingerprint density at radius 1 is 1.48 bits per heavy atom. The highest BCUT2D eigenvalue weighted by atomic mass is 16.5. The second-order valence-electron chi connectivity index (χ2n) is 6.19. The highest BCUT2D eigenvalue weighted by molar-refractivity contribution is 5.79. The first-order valence-corrected chi connectivity index (χ1v) is 8.42. The monoisotopic (exact) mass is 319 g/mol. The van der Waals surface area contributed by atoms with Gasteiger partial charge in [0.1, 0.15) is 5.76 Å². The Kier molecular flexibility index (Phi) is 7.20. The number of guanidine groups is 1. The highest BCUT2D eigenvalue weighted by Gasteiger charge is 2.36. The van der Waals surface area contributed by atoms with Gasteiger partial charge in [-0.25, -0.2) is 0 Å². The van der Waals surface area contributed by atoms with Crippen molar-refractivity contribution in [1.82, 2.24) is 10.6 Å². The lowest BCUT2D eigenvalue weighted by Crippen LogP contribution is -2.41. The van der Waals surface area contributed by atoms with Gasteiger partial charge in [-0.2, -0.15) is 0 Å². The zero-order valence-corrected chi connectivity index (χ0v) is 14.1. The molecule has 1 aromatic heterocycles. The quantitative estimate of drug-likeness (QED) is 0.395. The van der Waals surface area contributed by atoms with Gasteiger partial charge in [-0.3, -0.25) is 4.99 Å². The topological polar surface area (TPSA) is 58.8 Å². The minimum Gasteiger partial charge on any atom is -0.469 e. The van der Waals surface area contributed by atoms with Crippen LogP contribution in [-0.4, -0.2) is 39.3 Å². The molecule has 128 valence electrons. The van der Waals surface area contributed by atoms with Crippen LogP contribution in [0.4, 0.5) is 0 Å². The largest absolute Gasteiger partial charge is 0.469 e. The number of hydrogen-bond acceptors (Lipinski definition) is 3. The SMILES string of the molecule is C=CCNC(=NCC1(CCOC)CCC1)NCCc1ccco1. The summed E-state index contributed by atoms with van der Waals surface area (Å²) in [6.45, 7) is 6.92. The first kappa shape index (κ1) is 17.6. The molecular formula is C18H29N3O2. The van der Waals surface area contributed by atoms with Crippen LogP contribution in [0.1, 0.15) is 31.4 Å². The van der Waals surface area contributed by atoms with Gasteiger partial charge in [-0.1, -0.05) is 12.5 Å². The lowest BCUT2D eigenvalue weighted by molar-refractivity contribution is 0.0778. The van der Waals surface area contributed by atoms with E-state index in [-0.39, 0.29) is 0 Å². The second-order valence-corrected chi connectivity index (χ2v) is 6.19. The van der Waals surface area contributed by atoms with Crippen molar-refractivity contribution < 1.29 is 9.15 Å². The van der Waals surface area contributed by atoms with Crippen LogP contribution in [0.15, 0.2) is 40.5 Å². The van der Waals surface area contributed by atoms with Gasteiger partial charge >= 0.3 is 0 Å². The summed E-state index contributed by atoms with van der Waals surface area (Å²) in [4.78, 5) is 4.79.